The lowest BCUT2D eigenvalue weighted by atomic mass is 10.1. The topological polar surface area (TPSA) is 202 Å². The second kappa shape index (κ2) is 19.7. The lowest BCUT2D eigenvalue weighted by Crippen LogP contribution is -2.23. The number of carbonyl (C=O) groups excluding carboxylic acids is 2. The zero-order valence-electron chi connectivity index (χ0n) is 27.0. The van der Waals surface area contributed by atoms with Crippen LogP contribution >= 0.6 is 0 Å². The van der Waals surface area contributed by atoms with E-state index in [1.54, 1.807) is 48.5 Å². The molecule has 0 saturated heterocycles. The van der Waals surface area contributed by atoms with Gasteiger partial charge in [-0.3, -0.25) is 4.79 Å². The molecule has 1 amide bonds. The van der Waals surface area contributed by atoms with Gasteiger partial charge in [-0.25, -0.2) is 0 Å². The summed E-state index contributed by atoms with van der Waals surface area (Å²) in [7, 11) is 0. The van der Waals surface area contributed by atoms with E-state index in [2.05, 4.69) is 36.2 Å². The minimum Gasteiger partial charge on any atom is -0.508 e. The monoisotopic (exact) mass is 663 g/mol. The van der Waals surface area contributed by atoms with Gasteiger partial charge in [-0.05, 0) is 66.1 Å². The average Bonchev–Trinajstić information content (AvgIpc) is 3.13. The molecule has 0 saturated carbocycles. The molecule has 0 aliphatic rings. The molecule has 0 aliphatic heterocycles. The van der Waals surface area contributed by atoms with Crippen molar-refractivity contribution in [2.24, 2.45) is 11.5 Å². The van der Waals surface area contributed by atoms with Gasteiger partial charge in [-0.2, -0.15) is 15.0 Å². The van der Waals surface area contributed by atoms with Crippen molar-refractivity contribution in [2.45, 2.75) is 19.0 Å². The van der Waals surface area contributed by atoms with Crippen molar-refractivity contribution in [1.29, 1.82) is 0 Å². The highest BCUT2D eigenvalue weighted by Gasteiger charge is 2.10. The van der Waals surface area contributed by atoms with E-state index in [1.165, 1.54) is 0 Å². The van der Waals surface area contributed by atoms with Crippen LogP contribution in [0.3, 0.4) is 0 Å². The Balaban J connectivity index is 0.000000418. The number of nitrogens with one attached hydrogen (secondary N) is 4. The Morgan fingerprint density at radius 1 is 0.755 bits per heavy atom. The van der Waals surface area contributed by atoms with Crippen molar-refractivity contribution >= 4 is 41.4 Å². The number of nitrogens with zero attached hydrogens (tertiary/aromatic N) is 3. The minimum absolute atomic E-state index is 0.158. The highest BCUT2D eigenvalue weighted by Crippen LogP contribution is 2.21. The van der Waals surface area contributed by atoms with E-state index in [-0.39, 0.29) is 17.7 Å². The van der Waals surface area contributed by atoms with Crippen molar-refractivity contribution in [3.63, 3.8) is 0 Å². The van der Waals surface area contributed by atoms with Gasteiger partial charge in [0.15, 0.2) is 0 Å². The van der Waals surface area contributed by atoms with Gasteiger partial charge in [0.05, 0.1) is 19.3 Å². The fourth-order valence-corrected chi connectivity index (χ4v) is 4.31. The van der Waals surface area contributed by atoms with E-state index in [0.717, 1.165) is 17.4 Å². The number of nitrogens with two attached hydrogens (primary N) is 2. The first-order valence-electron chi connectivity index (χ1n) is 15.7. The molecule has 0 bridgehead atoms. The fraction of sp³-hybridized carbons (Fsp3) is 0.194. The fourth-order valence-electron chi connectivity index (χ4n) is 4.31. The Hall–Kier alpha value is -5.89. The minimum atomic E-state index is -0.364. The van der Waals surface area contributed by atoms with Crippen LogP contribution in [0.2, 0.25) is 0 Å². The first kappa shape index (κ1) is 36.0. The smallest absolute Gasteiger partial charge is 0.251 e. The van der Waals surface area contributed by atoms with Gasteiger partial charge in [-0.15, -0.1) is 0 Å². The number of phenolic OH excluding ortho intramolecular Hbond substituents is 1. The van der Waals surface area contributed by atoms with Gasteiger partial charge in [-0.1, -0.05) is 60.7 Å². The molecule has 1 atom stereocenters. The molecular weight excluding hydrogens is 622 g/mol. The van der Waals surface area contributed by atoms with Gasteiger partial charge in [0.25, 0.3) is 5.91 Å². The Bertz CT molecular complexity index is 1710. The third-order valence-electron chi connectivity index (χ3n) is 6.74. The molecule has 1 unspecified atom stereocenters. The molecule has 49 heavy (non-hydrogen) atoms. The number of aromatic hydroxyl groups is 1. The summed E-state index contributed by atoms with van der Waals surface area (Å²) in [6.45, 7) is 2.30. The van der Waals surface area contributed by atoms with E-state index in [4.69, 9.17) is 16.2 Å². The molecule has 0 radical (unpaired) electrons. The Morgan fingerprint density at radius 2 is 1.31 bits per heavy atom. The maximum Gasteiger partial charge on any atom is 0.251 e. The SMILES string of the molecule is NC(C=O)Cc1ccccc1.NCCOCCNc1nc(Nc2ccc(O)cc2)nc(Nc2ccc(C(=O)NCc3ccccc3)cc2)n1. The number of amides is 1. The molecule has 0 fully saturated rings. The van der Waals surface area contributed by atoms with E-state index >= 15 is 0 Å². The number of hydrogen-bond acceptors (Lipinski definition) is 12. The molecular formula is C36H41N9O4. The van der Waals surface area contributed by atoms with Crippen molar-refractivity contribution in [3.05, 3.63) is 126 Å². The van der Waals surface area contributed by atoms with Gasteiger partial charge in [0.1, 0.15) is 12.0 Å². The number of aldehydes is 1. The normalized spacial score (nSPS) is 11.0. The number of rotatable bonds is 16. The molecule has 1 heterocycles. The van der Waals surface area contributed by atoms with Crippen LogP contribution in [0, 0.1) is 0 Å². The van der Waals surface area contributed by atoms with Gasteiger partial charge in [0.2, 0.25) is 17.8 Å². The number of anilines is 5. The number of ether oxygens (including phenoxy) is 1. The van der Waals surface area contributed by atoms with Gasteiger partial charge >= 0.3 is 0 Å². The highest BCUT2D eigenvalue weighted by molar-refractivity contribution is 5.94. The largest absolute Gasteiger partial charge is 0.508 e. The number of carbonyl (C=O) groups is 2. The Morgan fingerprint density at radius 3 is 1.88 bits per heavy atom. The summed E-state index contributed by atoms with van der Waals surface area (Å²) in [4.78, 5) is 36.0. The molecule has 0 spiro atoms. The summed E-state index contributed by atoms with van der Waals surface area (Å²) in [6, 6.07) is 32.7. The van der Waals surface area contributed by atoms with Crippen molar-refractivity contribution in [1.82, 2.24) is 20.3 Å². The average molecular weight is 664 g/mol. The van der Waals surface area contributed by atoms with Crippen LogP contribution in [-0.2, 0) is 22.5 Å². The van der Waals surface area contributed by atoms with Crippen LogP contribution in [0.25, 0.3) is 0 Å². The molecule has 4 aromatic carbocycles. The third-order valence-corrected chi connectivity index (χ3v) is 6.74. The number of benzene rings is 4. The first-order chi connectivity index (χ1) is 23.9. The van der Waals surface area contributed by atoms with E-state index in [1.807, 2.05) is 60.7 Å². The van der Waals surface area contributed by atoms with Crippen LogP contribution in [-0.4, -0.2) is 64.6 Å². The summed E-state index contributed by atoms with van der Waals surface area (Å²) in [6.07, 6.45) is 1.40. The molecule has 5 rings (SSSR count). The molecule has 1 aromatic heterocycles. The van der Waals surface area contributed by atoms with Gasteiger partial charge < -0.3 is 47.4 Å². The maximum absolute atomic E-state index is 12.5. The second-order valence-electron chi connectivity index (χ2n) is 10.7. The molecule has 9 N–H and O–H groups in total. The predicted octanol–water partition coefficient (Wildman–Crippen LogP) is 4.14. The Kier molecular flexibility index (Phi) is 14.5. The van der Waals surface area contributed by atoms with Crippen LogP contribution in [0.5, 0.6) is 5.75 Å². The molecule has 13 heteroatoms. The van der Waals surface area contributed by atoms with Crippen molar-refractivity contribution < 1.29 is 19.4 Å². The van der Waals surface area contributed by atoms with Crippen molar-refractivity contribution in [3.8, 4) is 5.75 Å². The maximum atomic E-state index is 12.5. The molecule has 0 aliphatic carbocycles. The molecule has 254 valence electrons. The molecule has 13 nitrogen and oxygen atoms in total. The lowest BCUT2D eigenvalue weighted by Gasteiger charge is -2.12. The van der Waals surface area contributed by atoms with Crippen LogP contribution in [0.15, 0.2) is 109 Å². The lowest BCUT2D eigenvalue weighted by molar-refractivity contribution is -0.108. The summed E-state index contributed by atoms with van der Waals surface area (Å²) in [5, 5.41) is 21.8. The Labute approximate surface area is 285 Å². The van der Waals surface area contributed by atoms with E-state index in [9.17, 15) is 14.7 Å². The highest BCUT2D eigenvalue weighted by atomic mass is 16.5. The summed E-state index contributed by atoms with van der Waals surface area (Å²) < 4.78 is 5.39. The van der Waals surface area contributed by atoms with E-state index in [0.29, 0.717) is 74.1 Å². The zero-order chi connectivity index (χ0) is 34.7. The van der Waals surface area contributed by atoms with Crippen LogP contribution in [0.4, 0.5) is 29.2 Å². The zero-order valence-corrected chi connectivity index (χ0v) is 27.0. The third kappa shape index (κ3) is 13.0. The summed E-state index contributed by atoms with van der Waals surface area (Å²) >= 11 is 0. The number of aromatic nitrogens is 3. The van der Waals surface area contributed by atoms with Crippen LogP contribution in [0.1, 0.15) is 21.5 Å². The first-order valence-corrected chi connectivity index (χ1v) is 15.7. The number of hydrogen-bond donors (Lipinski definition) is 7. The molecule has 5 aromatic rings. The summed E-state index contributed by atoms with van der Waals surface area (Å²) in [5.41, 5.74) is 15.0. The van der Waals surface area contributed by atoms with Crippen molar-refractivity contribution in [2.75, 3.05) is 42.3 Å². The quantitative estimate of drug-likeness (QED) is 0.0453. The van der Waals surface area contributed by atoms with Gasteiger partial charge in [0, 0.05) is 36.6 Å². The second-order valence-corrected chi connectivity index (χ2v) is 10.7. The van der Waals surface area contributed by atoms with E-state index < -0.39 is 0 Å². The summed E-state index contributed by atoms with van der Waals surface area (Å²) in [5.74, 6) is 0.940. The van der Waals surface area contributed by atoms with Crippen LogP contribution < -0.4 is 32.7 Å². The number of phenols is 1. The standard InChI is InChI=1S/C27H30N8O3.C9H11NO/c28-14-16-38-17-15-29-25-33-26(35-27(34-25)32-22-10-12-23(36)13-11-22)31-21-8-6-20(7-9-21)24(37)30-18-19-4-2-1-3-5-19;10-9(7-11)6-8-4-2-1-3-5-8/h1-13,36H,14-18,28H2,(H,30,37)(H3,29,31,32,33,34,35);1-5,7,9H,6,10H2. The predicted molar refractivity (Wildman–Crippen MR) is 191 cm³/mol.